The molecule has 0 saturated heterocycles. The Balaban J connectivity index is 2.32. The van der Waals surface area contributed by atoms with Crippen LogP contribution in [0.5, 0.6) is 0 Å². The van der Waals surface area contributed by atoms with E-state index in [1.54, 1.807) is 0 Å². The standard InChI is InChI=1S/C14H23N5/c1-6-7-8-18-14(15-13(5)17-18)12(4)19-11(3)9-10(2)16-19/h9,12H,6-8H2,1-5H3/t12-/m0/s1. The third-order valence-electron chi connectivity index (χ3n) is 3.31. The van der Waals surface area contributed by atoms with Crippen molar-refractivity contribution in [2.24, 2.45) is 0 Å². The summed E-state index contributed by atoms with van der Waals surface area (Å²) in [5.41, 5.74) is 2.20. The van der Waals surface area contributed by atoms with Gasteiger partial charge in [-0.05, 0) is 40.2 Å². The molecule has 0 spiro atoms. The van der Waals surface area contributed by atoms with E-state index in [0.717, 1.165) is 42.4 Å². The molecule has 2 heterocycles. The maximum atomic E-state index is 4.58. The summed E-state index contributed by atoms with van der Waals surface area (Å²) in [4.78, 5) is 4.58. The first-order chi connectivity index (χ1) is 9.02. The van der Waals surface area contributed by atoms with E-state index in [4.69, 9.17) is 0 Å². The Kier molecular flexibility index (Phi) is 4.02. The van der Waals surface area contributed by atoms with Gasteiger partial charge in [-0.25, -0.2) is 9.67 Å². The Morgan fingerprint density at radius 2 is 1.95 bits per heavy atom. The summed E-state index contributed by atoms with van der Waals surface area (Å²) in [6.07, 6.45) is 2.28. The van der Waals surface area contributed by atoms with Crippen molar-refractivity contribution in [1.29, 1.82) is 0 Å². The van der Waals surface area contributed by atoms with Crippen molar-refractivity contribution in [3.63, 3.8) is 0 Å². The lowest BCUT2D eigenvalue weighted by Crippen LogP contribution is -2.17. The van der Waals surface area contributed by atoms with Crippen LogP contribution in [0.1, 0.15) is 55.8 Å². The normalized spacial score (nSPS) is 12.9. The zero-order valence-corrected chi connectivity index (χ0v) is 12.5. The van der Waals surface area contributed by atoms with E-state index in [0.29, 0.717) is 0 Å². The molecule has 0 unspecified atom stereocenters. The molecule has 2 aromatic rings. The average molecular weight is 261 g/mol. The minimum atomic E-state index is 0.117. The Morgan fingerprint density at radius 3 is 2.53 bits per heavy atom. The minimum absolute atomic E-state index is 0.117. The molecule has 5 heteroatoms. The van der Waals surface area contributed by atoms with Gasteiger partial charge in [0.15, 0.2) is 5.82 Å². The number of rotatable bonds is 5. The Labute approximate surface area is 114 Å². The minimum Gasteiger partial charge on any atom is -0.259 e. The van der Waals surface area contributed by atoms with E-state index >= 15 is 0 Å². The molecule has 0 aliphatic carbocycles. The fourth-order valence-corrected chi connectivity index (χ4v) is 2.40. The molecule has 0 N–H and O–H groups in total. The van der Waals surface area contributed by atoms with E-state index in [2.05, 4.69) is 42.0 Å². The van der Waals surface area contributed by atoms with Crippen LogP contribution in [0, 0.1) is 20.8 Å². The van der Waals surface area contributed by atoms with Gasteiger partial charge in [-0.2, -0.15) is 10.2 Å². The average Bonchev–Trinajstić information content (AvgIpc) is 2.88. The van der Waals surface area contributed by atoms with Crippen LogP contribution in [0.25, 0.3) is 0 Å². The smallest absolute Gasteiger partial charge is 0.151 e. The molecule has 104 valence electrons. The maximum Gasteiger partial charge on any atom is 0.151 e. The van der Waals surface area contributed by atoms with Gasteiger partial charge in [0.1, 0.15) is 11.9 Å². The lowest BCUT2D eigenvalue weighted by atomic mass is 10.3. The molecule has 2 rings (SSSR count). The zero-order chi connectivity index (χ0) is 14.0. The molecule has 0 saturated carbocycles. The second kappa shape index (κ2) is 5.55. The highest BCUT2D eigenvalue weighted by atomic mass is 15.4. The van der Waals surface area contributed by atoms with Gasteiger partial charge >= 0.3 is 0 Å². The summed E-state index contributed by atoms with van der Waals surface area (Å²) in [7, 11) is 0. The van der Waals surface area contributed by atoms with Crippen LogP contribution in [0.2, 0.25) is 0 Å². The highest BCUT2D eigenvalue weighted by Crippen LogP contribution is 2.18. The predicted octanol–water partition coefficient (Wildman–Crippen LogP) is 2.81. The van der Waals surface area contributed by atoms with Gasteiger partial charge in [-0.3, -0.25) is 4.68 Å². The Hall–Kier alpha value is -1.65. The van der Waals surface area contributed by atoms with Gasteiger partial charge in [0.05, 0.1) is 5.69 Å². The molecule has 0 bridgehead atoms. The number of nitrogens with zero attached hydrogens (tertiary/aromatic N) is 5. The van der Waals surface area contributed by atoms with Crippen LogP contribution in [0.15, 0.2) is 6.07 Å². The van der Waals surface area contributed by atoms with E-state index in [-0.39, 0.29) is 6.04 Å². The Morgan fingerprint density at radius 1 is 1.21 bits per heavy atom. The molecule has 0 aliphatic rings. The third kappa shape index (κ3) is 2.85. The largest absolute Gasteiger partial charge is 0.259 e. The van der Waals surface area contributed by atoms with Gasteiger partial charge < -0.3 is 0 Å². The second-order valence-electron chi connectivity index (χ2n) is 5.14. The van der Waals surface area contributed by atoms with Gasteiger partial charge in [0, 0.05) is 12.2 Å². The molecule has 5 nitrogen and oxygen atoms in total. The SMILES string of the molecule is CCCCn1nc(C)nc1[C@H](C)n1nc(C)cc1C. The number of hydrogen-bond donors (Lipinski definition) is 0. The zero-order valence-electron chi connectivity index (χ0n) is 12.5. The first kappa shape index (κ1) is 13.8. The summed E-state index contributed by atoms with van der Waals surface area (Å²) in [6, 6.07) is 2.21. The lowest BCUT2D eigenvalue weighted by Gasteiger charge is -2.14. The van der Waals surface area contributed by atoms with E-state index in [1.807, 2.05) is 23.2 Å². The number of aryl methyl sites for hydroxylation is 4. The number of hydrogen-bond acceptors (Lipinski definition) is 3. The molecular weight excluding hydrogens is 238 g/mol. The van der Waals surface area contributed by atoms with E-state index < -0.39 is 0 Å². The van der Waals surface area contributed by atoms with Gasteiger partial charge in [0.25, 0.3) is 0 Å². The van der Waals surface area contributed by atoms with Crippen molar-refractivity contribution < 1.29 is 0 Å². The van der Waals surface area contributed by atoms with Gasteiger partial charge in [-0.1, -0.05) is 13.3 Å². The van der Waals surface area contributed by atoms with Crippen LogP contribution < -0.4 is 0 Å². The van der Waals surface area contributed by atoms with Crippen molar-refractivity contribution in [3.8, 4) is 0 Å². The first-order valence-corrected chi connectivity index (χ1v) is 6.97. The van der Waals surface area contributed by atoms with Crippen molar-refractivity contribution in [2.75, 3.05) is 0 Å². The van der Waals surface area contributed by atoms with Crippen molar-refractivity contribution in [1.82, 2.24) is 24.5 Å². The molecule has 2 aromatic heterocycles. The van der Waals surface area contributed by atoms with Crippen molar-refractivity contribution >= 4 is 0 Å². The van der Waals surface area contributed by atoms with E-state index in [1.165, 1.54) is 0 Å². The molecule has 0 aliphatic heterocycles. The highest BCUT2D eigenvalue weighted by molar-refractivity contribution is 5.10. The second-order valence-corrected chi connectivity index (χ2v) is 5.14. The molecule has 1 atom stereocenters. The lowest BCUT2D eigenvalue weighted by molar-refractivity contribution is 0.462. The fourth-order valence-electron chi connectivity index (χ4n) is 2.40. The quantitative estimate of drug-likeness (QED) is 0.831. The molecule has 0 amide bonds. The van der Waals surface area contributed by atoms with Crippen molar-refractivity contribution in [3.05, 3.63) is 29.1 Å². The van der Waals surface area contributed by atoms with Crippen LogP contribution >= 0.6 is 0 Å². The van der Waals surface area contributed by atoms with Crippen LogP contribution in [0.3, 0.4) is 0 Å². The third-order valence-corrected chi connectivity index (χ3v) is 3.31. The molecule has 0 fully saturated rings. The van der Waals surface area contributed by atoms with Crippen molar-refractivity contribution in [2.45, 2.75) is 60.0 Å². The molecular formula is C14H23N5. The van der Waals surface area contributed by atoms with Crippen LogP contribution in [-0.2, 0) is 6.54 Å². The molecule has 0 radical (unpaired) electrons. The molecule has 19 heavy (non-hydrogen) atoms. The Bertz CT molecular complexity index is 552. The first-order valence-electron chi connectivity index (χ1n) is 6.97. The number of unbranched alkanes of at least 4 members (excludes halogenated alkanes) is 1. The number of aromatic nitrogens is 5. The topological polar surface area (TPSA) is 48.5 Å². The summed E-state index contributed by atoms with van der Waals surface area (Å²) in [6.45, 7) is 11.3. The predicted molar refractivity (Wildman–Crippen MR) is 75.2 cm³/mol. The monoisotopic (exact) mass is 261 g/mol. The summed E-state index contributed by atoms with van der Waals surface area (Å²) in [5.74, 6) is 1.83. The summed E-state index contributed by atoms with van der Waals surface area (Å²) < 4.78 is 4.06. The highest BCUT2D eigenvalue weighted by Gasteiger charge is 2.18. The van der Waals surface area contributed by atoms with Gasteiger partial charge in [0.2, 0.25) is 0 Å². The summed E-state index contributed by atoms with van der Waals surface area (Å²) >= 11 is 0. The fraction of sp³-hybridized carbons (Fsp3) is 0.643. The summed E-state index contributed by atoms with van der Waals surface area (Å²) in [5, 5.41) is 9.05. The maximum absolute atomic E-state index is 4.58. The van der Waals surface area contributed by atoms with E-state index in [9.17, 15) is 0 Å². The van der Waals surface area contributed by atoms with Gasteiger partial charge in [-0.15, -0.1) is 0 Å². The van der Waals surface area contributed by atoms with Crippen LogP contribution in [-0.4, -0.2) is 24.5 Å². The van der Waals surface area contributed by atoms with Crippen LogP contribution in [0.4, 0.5) is 0 Å². The molecule has 0 aromatic carbocycles.